The van der Waals surface area contributed by atoms with Crippen LogP contribution >= 0.6 is 0 Å². The predicted octanol–water partition coefficient (Wildman–Crippen LogP) is 1.61. The number of aliphatic carboxylic acids is 1. The molecule has 1 aromatic rings. The highest BCUT2D eigenvalue weighted by Crippen LogP contribution is 2.19. The van der Waals surface area contributed by atoms with E-state index in [1.807, 2.05) is 18.2 Å². The van der Waals surface area contributed by atoms with E-state index >= 15 is 0 Å². The van der Waals surface area contributed by atoms with E-state index in [4.69, 9.17) is 0 Å². The minimum atomic E-state index is -0.950. The average Bonchev–Trinajstić information content (AvgIpc) is 2.67. The third-order valence-electron chi connectivity index (χ3n) is 5.14. The van der Waals surface area contributed by atoms with Gasteiger partial charge in [0.1, 0.15) is 6.04 Å². The molecular formula is C19H25N3O4. The van der Waals surface area contributed by atoms with Gasteiger partial charge in [-0.05, 0) is 36.8 Å². The molecular weight excluding hydrogens is 334 g/mol. The number of hydrogen-bond donors (Lipinski definition) is 2. The number of hydrogen-bond acceptors (Lipinski definition) is 3. The van der Waals surface area contributed by atoms with Crippen LogP contribution in [-0.4, -0.2) is 58.5 Å². The molecule has 1 aromatic carbocycles. The van der Waals surface area contributed by atoms with Gasteiger partial charge in [0.25, 0.3) is 0 Å². The molecule has 2 heterocycles. The number of nitrogens with zero attached hydrogens (tertiary/aromatic N) is 2. The van der Waals surface area contributed by atoms with E-state index in [9.17, 15) is 19.5 Å². The molecule has 26 heavy (non-hydrogen) atoms. The number of carbonyl (C=O) groups is 3. The first kappa shape index (κ1) is 18.2. The maximum Gasteiger partial charge on any atom is 0.326 e. The number of piperidine rings is 1. The number of fused-ring (bicyclic) bond motifs is 1. The molecule has 0 aliphatic carbocycles. The molecule has 1 fully saturated rings. The number of benzene rings is 1. The van der Waals surface area contributed by atoms with Crippen LogP contribution in [0.25, 0.3) is 0 Å². The zero-order valence-corrected chi connectivity index (χ0v) is 14.8. The molecule has 2 aliphatic rings. The van der Waals surface area contributed by atoms with Crippen molar-refractivity contribution in [1.82, 2.24) is 15.1 Å². The molecule has 2 aliphatic heterocycles. The van der Waals surface area contributed by atoms with Gasteiger partial charge >= 0.3 is 12.0 Å². The number of nitrogens with one attached hydrogen (secondary N) is 1. The van der Waals surface area contributed by atoms with Crippen molar-refractivity contribution in [2.75, 3.05) is 19.6 Å². The number of likely N-dealkylation sites (tertiary alicyclic amines) is 1. The van der Waals surface area contributed by atoms with Crippen LogP contribution in [0.3, 0.4) is 0 Å². The summed E-state index contributed by atoms with van der Waals surface area (Å²) in [6.07, 6.45) is 3.11. The molecule has 3 rings (SSSR count). The van der Waals surface area contributed by atoms with E-state index < -0.39 is 12.0 Å². The van der Waals surface area contributed by atoms with Crippen LogP contribution in [0.4, 0.5) is 4.79 Å². The van der Waals surface area contributed by atoms with Crippen molar-refractivity contribution in [1.29, 1.82) is 0 Å². The fourth-order valence-corrected chi connectivity index (χ4v) is 3.69. The van der Waals surface area contributed by atoms with Crippen molar-refractivity contribution >= 4 is 17.9 Å². The number of amides is 3. The van der Waals surface area contributed by atoms with Crippen molar-refractivity contribution < 1.29 is 19.5 Å². The van der Waals surface area contributed by atoms with E-state index in [1.165, 1.54) is 10.5 Å². The lowest BCUT2D eigenvalue weighted by Gasteiger charge is -2.33. The average molecular weight is 359 g/mol. The van der Waals surface area contributed by atoms with Gasteiger partial charge in [-0.15, -0.1) is 0 Å². The Balaban J connectivity index is 1.46. The van der Waals surface area contributed by atoms with Crippen molar-refractivity contribution in [2.24, 2.45) is 0 Å². The second-order valence-corrected chi connectivity index (χ2v) is 6.86. The standard InChI is InChI=1S/C19H25N3O4/c23-17(22-11-4-3-7-16(22)18(24)25)8-10-20-19(26)21-12-9-14-5-1-2-6-15(14)13-21/h1-2,5-6,16H,3-4,7-13H2,(H,20,26)(H,24,25). The molecule has 0 spiro atoms. The Hall–Kier alpha value is -2.57. The van der Waals surface area contributed by atoms with Crippen molar-refractivity contribution in [2.45, 2.75) is 44.7 Å². The second-order valence-electron chi connectivity index (χ2n) is 6.86. The normalized spacial score (nSPS) is 19.6. The van der Waals surface area contributed by atoms with Gasteiger partial charge in [-0.25, -0.2) is 9.59 Å². The minimum absolute atomic E-state index is 0.125. The first-order chi connectivity index (χ1) is 12.6. The van der Waals surface area contributed by atoms with Gasteiger partial charge in [-0.2, -0.15) is 0 Å². The first-order valence-corrected chi connectivity index (χ1v) is 9.18. The Bertz CT molecular complexity index is 691. The lowest BCUT2D eigenvalue weighted by molar-refractivity contribution is -0.152. The van der Waals surface area contributed by atoms with Gasteiger partial charge in [0, 0.05) is 32.6 Å². The molecule has 2 N–H and O–H groups in total. The SMILES string of the molecule is O=C(O)C1CCCCN1C(=O)CCNC(=O)N1CCc2ccccc2C1. The van der Waals surface area contributed by atoms with Gasteiger partial charge in [0.05, 0.1) is 0 Å². The predicted molar refractivity (Wildman–Crippen MR) is 95.6 cm³/mol. The van der Waals surface area contributed by atoms with E-state index in [1.54, 1.807) is 4.90 Å². The van der Waals surface area contributed by atoms with Gasteiger partial charge < -0.3 is 20.2 Å². The summed E-state index contributed by atoms with van der Waals surface area (Å²) in [5.41, 5.74) is 2.43. The van der Waals surface area contributed by atoms with Crippen molar-refractivity contribution in [3.05, 3.63) is 35.4 Å². The minimum Gasteiger partial charge on any atom is -0.480 e. The van der Waals surface area contributed by atoms with Crippen molar-refractivity contribution in [3.63, 3.8) is 0 Å². The molecule has 7 nitrogen and oxygen atoms in total. The molecule has 7 heteroatoms. The summed E-state index contributed by atoms with van der Waals surface area (Å²) in [5, 5.41) is 12.0. The summed E-state index contributed by atoms with van der Waals surface area (Å²) in [6, 6.07) is 7.18. The Morgan fingerprint density at radius 1 is 1.12 bits per heavy atom. The highest BCUT2D eigenvalue weighted by atomic mass is 16.4. The number of rotatable bonds is 4. The zero-order chi connectivity index (χ0) is 18.5. The van der Waals surface area contributed by atoms with Crippen LogP contribution in [0, 0.1) is 0 Å². The van der Waals surface area contributed by atoms with Gasteiger partial charge in [0.2, 0.25) is 5.91 Å². The van der Waals surface area contributed by atoms with Crippen LogP contribution in [0.2, 0.25) is 0 Å². The Labute approximate surface area is 153 Å². The van der Waals surface area contributed by atoms with E-state index in [0.717, 1.165) is 24.8 Å². The summed E-state index contributed by atoms with van der Waals surface area (Å²) in [7, 11) is 0. The fraction of sp³-hybridized carbons (Fsp3) is 0.526. The molecule has 0 radical (unpaired) electrons. The maximum atomic E-state index is 12.3. The van der Waals surface area contributed by atoms with Crippen molar-refractivity contribution in [3.8, 4) is 0 Å². The van der Waals surface area contributed by atoms with E-state index in [0.29, 0.717) is 26.1 Å². The number of carboxylic acid groups (broad SMARTS) is 1. The highest BCUT2D eigenvalue weighted by Gasteiger charge is 2.31. The molecule has 0 bridgehead atoms. The Morgan fingerprint density at radius 3 is 2.65 bits per heavy atom. The lowest BCUT2D eigenvalue weighted by Crippen LogP contribution is -2.49. The topological polar surface area (TPSA) is 90.0 Å². The van der Waals surface area contributed by atoms with Crippen LogP contribution in [0.15, 0.2) is 24.3 Å². The molecule has 1 unspecified atom stereocenters. The fourth-order valence-electron chi connectivity index (χ4n) is 3.69. The van der Waals surface area contributed by atoms with E-state index in [2.05, 4.69) is 11.4 Å². The third-order valence-corrected chi connectivity index (χ3v) is 5.14. The van der Waals surface area contributed by atoms with E-state index in [-0.39, 0.29) is 24.9 Å². The van der Waals surface area contributed by atoms with Gasteiger partial charge in [0.15, 0.2) is 0 Å². The molecule has 1 atom stereocenters. The molecule has 3 amide bonds. The van der Waals surface area contributed by atoms with Crippen LogP contribution in [-0.2, 0) is 22.6 Å². The summed E-state index contributed by atoms with van der Waals surface area (Å²) < 4.78 is 0. The zero-order valence-electron chi connectivity index (χ0n) is 14.8. The number of carbonyl (C=O) groups excluding carboxylic acids is 2. The largest absolute Gasteiger partial charge is 0.480 e. The third kappa shape index (κ3) is 4.15. The quantitative estimate of drug-likeness (QED) is 0.855. The Morgan fingerprint density at radius 2 is 1.88 bits per heavy atom. The molecule has 140 valence electrons. The highest BCUT2D eigenvalue weighted by molar-refractivity contribution is 5.84. The van der Waals surface area contributed by atoms with Crippen LogP contribution < -0.4 is 5.32 Å². The second kappa shape index (κ2) is 8.21. The Kier molecular flexibility index (Phi) is 5.75. The van der Waals surface area contributed by atoms with Gasteiger partial charge in [-0.3, -0.25) is 4.79 Å². The summed E-state index contributed by atoms with van der Waals surface area (Å²) in [6.45, 7) is 1.93. The summed E-state index contributed by atoms with van der Waals surface area (Å²) in [5.74, 6) is -1.16. The van der Waals surface area contributed by atoms with Crippen LogP contribution in [0.5, 0.6) is 0 Å². The van der Waals surface area contributed by atoms with Crippen LogP contribution in [0.1, 0.15) is 36.8 Å². The molecule has 0 aromatic heterocycles. The monoisotopic (exact) mass is 359 g/mol. The smallest absolute Gasteiger partial charge is 0.326 e. The summed E-state index contributed by atoms with van der Waals surface area (Å²) in [4.78, 5) is 39.1. The summed E-state index contributed by atoms with van der Waals surface area (Å²) >= 11 is 0. The maximum absolute atomic E-state index is 12.3. The lowest BCUT2D eigenvalue weighted by atomic mass is 10.0. The first-order valence-electron chi connectivity index (χ1n) is 9.18. The number of urea groups is 1. The van der Waals surface area contributed by atoms with Gasteiger partial charge in [-0.1, -0.05) is 24.3 Å². The molecule has 0 saturated carbocycles. The number of carboxylic acids is 1. The molecule has 1 saturated heterocycles.